The van der Waals surface area contributed by atoms with Crippen molar-refractivity contribution in [2.75, 3.05) is 32.8 Å². The molecule has 2 saturated heterocycles. The van der Waals surface area contributed by atoms with Gasteiger partial charge in [0.1, 0.15) is 6.54 Å². The smallest absolute Gasteiger partial charge is 0.294 e. The number of hydrogen-bond acceptors (Lipinski definition) is 5. The van der Waals surface area contributed by atoms with Crippen molar-refractivity contribution in [3.63, 3.8) is 0 Å². The van der Waals surface area contributed by atoms with E-state index >= 15 is 0 Å². The summed E-state index contributed by atoms with van der Waals surface area (Å²) in [6, 6.07) is 8.01. The van der Waals surface area contributed by atoms with E-state index in [1.165, 1.54) is 0 Å². The first-order valence-corrected chi connectivity index (χ1v) is 10.6. The Bertz CT molecular complexity index is 991. The molecule has 4 rings (SSSR count). The molecule has 29 heavy (non-hydrogen) atoms. The number of morpholine rings is 1. The van der Waals surface area contributed by atoms with Gasteiger partial charge in [-0.25, -0.2) is 0 Å². The summed E-state index contributed by atoms with van der Waals surface area (Å²) in [5, 5.41) is 0.636. The largest absolute Gasteiger partial charge is 0.378 e. The lowest BCUT2D eigenvalue weighted by Crippen LogP contribution is -2.46. The quantitative estimate of drug-likeness (QED) is 0.705. The molecule has 0 radical (unpaired) electrons. The minimum atomic E-state index is -0.408. The Hall–Kier alpha value is -2.58. The van der Waals surface area contributed by atoms with E-state index in [-0.39, 0.29) is 12.5 Å². The summed E-state index contributed by atoms with van der Waals surface area (Å²) >= 11 is 0.890. The van der Waals surface area contributed by atoms with Crippen LogP contribution in [-0.2, 0) is 20.9 Å². The molecule has 0 unspecified atom stereocenters. The number of carbonyl (C=O) groups is 3. The van der Waals surface area contributed by atoms with Crippen LogP contribution in [0.3, 0.4) is 0 Å². The molecule has 2 aliphatic rings. The van der Waals surface area contributed by atoms with Crippen molar-refractivity contribution in [3.8, 4) is 0 Å². The molecule has 1 aromatic carbocycles. The van der Waals surface area contributed by atoms with Crippen LogP contribution in [0.2, 0.25) is 0 Å². The maximum absolute atomic E-state index is 12.8. The van der Waals surface area contributed by atoms with Crippen molar-refractivity contribution in [2.45, 2.75) is 19.9 Å². The third kappa shape index (κ3) is 3.95. The topological polar surface area (TPSA) is 71.8 Å². The Morgan fingerprint density at radius 1 is 1.21 bits per heavy atom. The summed E-state index contributed by atoms with van der Waals surface area (Å²) in [7, 11) is 0. The average Bonchev–Trinajstić information content (AvgIpc) is 3.21. The molecule has 2 aliphatic heterocycles. The second-order valence-electron chi connectivity index (χ2n) is 7.06. The van der Waals surface area contributed by atoms with Crippen molar-refractivity contribution >= 4 is 45.8 Å². The van der Waals surface area contributed by atoms with E-state index in [0.29, 0.717) is 31.2 Å². The zero-order valence-corrected chi connectivity index (χ0v) is 17.1. The van der Waals surface area contributed by atoms with E-state index in [1.807, 2.05) is 24.4 Å². The molecule has 8 heteroatoms. The van der Waals surface area contributed by atoms with Gasteiger partial charge in [0.25, 0.3) is 11.1 Å². The predicted molar refractivity (Wildman–Crippen MR) is 112 cm³/mol. The van der Waals surface area contributed by atoms with Gasteiger partial charge in [0, 0.05) is 42.3 Å². The fourth-order valence-corrected chi connectivity index (χ4v) is 4.47. The van der Waals surface area contributed by atoms with Crippen LogP contribution in [0.5, 0.6) is 0 Å². The van der Waals surface area contributed by atoms with Gasteiger partial charge >= 0.3 is 0 Å². The first kappa shape index (κ1) is 19.7. The second kappa shape index (κ2) is 8.42. The van der Waals surface area contributed by atoms with Gasteiger partial charge in [-0.3, -0.25) is 19.3 Å². The average molecular weight is 413 g/mol. The number of nitrogens with zero attached hydrogens (tertiary/aromatic N) is 3. The molecule has 3 heterocycles. The Balaban J connectivity index is 1.56. The number of para-hydroxylation sites is 1. The number of hydrogen-bond donors (Lipinski definition) is 0. The summed E-state index contributed by atoms with van der Waals surface area (Å²) in [4.78, 5) is 40.7. The van der Waals surface area contributed by atoms with Crippen LogP contribution in [0.25, 0.3) is 17.0 Å². The highest BCUT2D eigenvalue weighted by atomic mass is 32.2. The molecule has 152 valence electrons. The molecule has 0 spiro atoms. The van der Waals surface area contributed by atoms with Crippen LogP contribution in [-0.4, -0.2) is 64.3 Å². The van der Waals surface area contributed by atoms with Gasteiger partial charge in [0.15, 0.2) is 0 Å². The molecule has 7 nitrogen and oxygen atoms in total. The van der Waals surface area contributed by atoms with Gasteiger partial charge in [0.2, 0.25) is 5.91 Å². The molecular weight excluding hydrogens is 390 g/mol. The van der Waals surface area contributed by atoms with Crippen molar-refractivity contribution in [2.24, 2.45) is 0 Å². The molecule has 3 amide bonds. The van der Waals surface area contributed by atoms with E-state index in [4.69, 9.17) is 4.74 Å². The number of thioether (sulfide) groups is 1. The molecule has 2 aromatic rings. The van der Waals surface area contributed by atoms with E-state index in [1.54, 1.807) is 11.0 Å². The zero-order chi connectivity index (χ0) is 20.4. The summed E-state index contributed by atoms with van der Waals surface area (Å²) < 4.78 is 7.40. The maximum atomic E-state index is 12.8. The monoisotopic (exact) mass is 413 g/mol. The lowest BCUT2D eigenvalue weighted by molar-refractivity contribution is -0.139. The van der Waals surface area contributed by atoms with Crippen LogP contribution in [0, 0.1) is 0 Å². The third-order valence-corrected chi connectivity index (χ3v) is 6.01. The van der Waals surface area contributed by atoms with Crippen molar-refractivity contribution in [3.05, 3.63) is 40.9 Å². The van der Waals surface area contributed by atoms with Crippen LogP contribution >= 0.6 is 11.8 Å². The Kier molecular flexibility index (Phi) is 5.73. The van der Waals surface area contributed by atoms with Gasteiger partial charge in [-0.15, -0.1) is 0 Å². The minimum absolute atomic E-state index is 0.223. The zero-order valence-electron chi connectivity index (χ0n) is 16.3. The van der Waals surface area contributed by atoms with Crippen LogP contribution in [0.4, 0.5) is 4.79 Å². The summed E-state index contributed by atoms with van der Waals surface area (Å²) in [5.74, 6) is -0.634. The van der Waals surface area contributed by atoms with E-state index < -0.39 is 11.1 Å². The molecule has 0 aliphatic carbocycles. The molecule has 0 atom stereocenters. The highest BCUT2D eigenvalue weighted by molar-refractivity contribution is 8.18. The first-order chi connectivity index (χ1) is 14.1. The number of aromatic nitrogens is 1. The Morgan fingerprint density at radius 3 is 2.72 bits per heavy atom. The van der Waals surface area contributed by atoms with Crippen LogP contribution in [0.1, 0.15) is 18.9 Å². The molecule has 0 saturated carbocycles. The summed E-state index contributed by atoms with van der Waals surface area (Å²) in [6.07, 6.45) is 4.78. The highest BCUT2D eigenvalue weighted by Crippen LogP contribution is 2.34. The van der Waals surface area contributed by atoms with Gasteiger partial charge < -0.3 is 14.2 Å². The van der Waals surface area contributed by atoms with E-state index in [0.717, 1.165) is 46.1 Å². The fraction of sp³-hybridized carbons (Fsp3) is 0.381. The summed E-state index contributed by atoms with van der Waals surface area (Å²) in [6.45, 7) is 4.71. The highest BCUT2D eigenvalue weighted by Gasteiger charge is 2.37. The molecule has 0 bridgehead atoms. The van der Waals surface area contributed by atoms with Crippen molar-refractivity contribution < 1.29 is 19.1 Å². The Morgan fingerprint density at radius 2 is 1.97 bits per heavy atom. The van der Waals surface area contributed by atoms with Gasteiger partial charge in [-0.1, -0.05) is 25.1 Å². The molecular formula is C21H23N3O4S. The second-order valence-corrected chi connectivity index (χ2v) is 8.05. The lowest BCUT2D eigenvalue weighted by Gasteiger charge is -2.28. The summed E-state index contributed by atoms with van der Waals surface area (Å²) in [5.41, 5.74) is 2.00. The number of imide groups is 1. The molecule has 0 N–H and O–H groups in total. The number of amides is 3. The van der Waals surface area contributed by atoms with Crippen LogP contribution in [0.15, 0.2) is 35.4 Å². The van der Waals surface area contributed by atoms with E-state index in [2.05, 4.69) is 17.6 Å². The minimum Gasteiger partial charge on any atom is -0.378 e. The molecule has 2 fully saturated rings. The number of fused-ring (bicyclic) bond motifs is 1. The predicted octanol–water partition coefficient (Wildman–Crippen LogP) is 2.95. The number of aryl methyl sites for hydroxylation is 1. The first-order valence-electron chi connectivity index (χ1n) is 9.77. The molecule has 1 aromatic heterocycles. The lowest BCUT2D eigenvalue weighted by atomic mass is 10.1. The fourth-order valence-electron chi connectivity index (χ4n) is 3.64. The normalized spacial score (nSPS) is 19.0. The van der Waals surface area contributed by atoms with Gasteiger partial charge in [-0.2, -0.15) is 0 Å². The third-order valence-electron chi connectivity index (χ3n) is 5.10. The van der Waals surface area contributed by atoms with Crippen molar-refractivity contribution in [1.29, 1.82) is 0 Å². The van der Waals surface area contributed by atoms with E-state index in [9.17, 15) is 14.4 Å². The number of carbonyl (C=O) groups excluding carboxylic acids is 3. The maximum Gasteiger partial charge on any atom is 0.294 e. The Labute approximate surface area is 173 Å². The van der Waals surface area contributed by atoms with Gasteiger partial charge in [-0.05, 0) is 30.3 Å². The number of ether oxygens (including phenoxy) is 1. The number of benzene rings is 1. The number of rotatable bonds is 5. The SMILES string of the molecule is CCCn1cc(/C=C2\SC(=O)N(CC(=O)N3CCOCC3)C2=O)c2ccccc21. The standard InChI is InChI=1S/C21H23N3O4S/c1-2-7-23-13-15(16-5-3-4-6-17(16)23)12-18-20(26)24(21(27)29-18)14-19(25)22-8-10-28-11-9-22/h3-6,12-13H,2,7-11,14H2,1H3/b18-12-. The van der Waals surface area contributed by atoms with Crippen molar-refractivity contribution in [1.82, 2.24) is 14.4 Å². The van der Waals surface area contributed by atoms with Gasteiger partial charge in [0.05, 0.1) is 18.1 Å². The van der Waals surface area contributed by atoms with Crippen LogP contribution < -0.4 is 0 Å².